The number of hydrogen-bond acceptors (Lipinski definition) is 5. The second kappa shape index (κ2) is 13.9. The molecule has 2 rings (SSSR count). The summed E-state index contributed by atoms with van der Waals surface area (Å²) in [5.41, 5.74) is -0.0384. The normalized spacial score (nSPS) is 16.2. The lowest BCUT2D eigenvalue weighted by Crippen LogP contribution is -2.58. The lowest BCUT2D eigenvalue weighted by molar-refractivity contribution is -0.168. The lowest BCUT2D eigenvalue weighted by Gasteiger charge is -2.47. The Morgan fingerprint density at radius 3 is 2.00 bits per heavy atom. The number of carbonyl (C=O) groups excluding carboxylic acids is 2. The molecular weight excluding hydrogens is 506 g/mol. The highest BCUT2D eigenvalue weighted by Crippen LogP contribution is 2.44. The van der Waals surface area contributed by atoms with Gasteiger partial charge in [-0.1, -0.05) is 101 Å². The van der Waals surface area contributed by atoms with E-state index in [1.807, 2.05) is 101 Å². The largest absolute Gasteiger partial charge is 0.467 e. The van der Waals surface area contributed by atoms with Crippen LogP contribution in [0.5, 0.6) is 0 Å². The molecule has 1 N–H and O–H groups in total. The van der Waals surface area contributed by atoms with E-state index < -0.39 is 23.3 Å². The molecule has 0 saturated heterocycles. The van der Waals surface area contributed by atoms with Crippen LogP contribution in [0.2, 0.25) is 0 Å². The summed E-state index contributed by atoms with van der Waals surface area (Å²) >= 11 is 0. The van der Waals surface area contributed by atoms with E-state index in [2.05, 4.69) is 26.1 Å². The molecule has 1 unspecified atom stereocenters. The monoisotopic (exact) mass is 553 g/mol. The highest BCUT2D eigenvalue weighted by atomic mass is 28.2. The van der Waals surface area contributed by atoms with Gasteiger partial charge in [0.2, 0.25) is 0 Å². The van der Waals surface area contributed by atoms with Gasteiger partial charge in [-0.05, 0) is 49.7 Å². The van der Waals surface area contributed by atoms with Gasteiger partial charge in [0.15, 0.2) is 5.60 Å². The molecule has 0 radical (unpaired) electrons. The van der Waals surface area contributed by atoms with Crippen molar-refractivity contribution < 1.29 is 23.5 Å². The van der Waals surface area contributed by atoms with Crippen LogP contribution in [0.1, 0.15) is 66.0 Å². The van der Waals surface area contributed by atoms with Gasteiger partial charge < -0.3 is 19.2 Å². The number of ether oxygens (including phenoxy) is 2. The van der Waals surface area contributed by atoms with Crippen molar-refractivity contribution in [2.45, 2.75) is 78.6 Å². The summed E-state index contributed by atoms with van der Waals surface area (Å²) in [6.07, 6.45) is 4.41. The van der Waals surface area contributed by atoms with Crippen LogP contribution in [0.15, 0.2) is 66.7 Å². The van der Waals surface area contributed by atoms with Crippen LogP contribution >= 0.6 is 0 Å². The van der Waals surface area contributed by atoms with Crippen LogP contribution in [-0.4, -0.2) is 46.9 Å². The molecule has 4 atom stereocenters. The minimum atomic E-state index is -1.21. The van der Waals surface area contributed by atoms with Gasteiger partial charge in [0, 0.05) is 18.4 Å². The third-order valence-electron chi connectivity index (χ3n) is 7.13. The molecule has 2 aromatic rings. The Bertz CT molecular complexity index is 1080. The first-order chi connectivity index (χ1) is 18.2. The number of amides is 1. The Labute approximate surface area is 238 Å². The zero-order chi connectivity index (χ0) is 29.3. The van der Waals surface area contributed by atoms with E-state index in [1.165, 1.54) is 7.11 Å². The Morgan fingerprint density at radius 1 is 0.949 bits per heavy atom. The maximum Gasteiger partial charge on any atom is 0.407 e. The molecule has 0 saturated carbocycles. The highest BCUT2D eigenvalue weighted by Gasteiger charge is 2.52. The summed E-state index contributed by atoms with van der Waals surface area (Å²) in [6.45, 7) is 14.0. The molecule has 214 valence electrons. The van der Waals surface area contributed by atoms with Gasteiger partial charge in [0.25, 0.3) is 0 Å². The fourth-order valence-corrected chi connectivity index (χ4v) is 6.21. The molecule has 0 spiro atoms. The molecular formula is C32H47NO5Si. The maximum absolute atomic E-state index is 13.5. The minimum Gasteiger partial charge on any atom is -0.467 e. The molecule has 2 aromatic carbocycles. The molecule has 0 aromatic heterocycles. The molecule has 0 aliphatic rings. The van der Waals surface area contributed by atoms with Crippen molar-refractivity contribution in [3.8, 4) is 0 Å². The van der Waals surface area contributed by atoms with Crippen molar-refractivity contribution in [1.82, 2.24) is 5.32 Å². The Balaban J connectivity index is 2.56. The quantitative estimate of drug-likeness (QED) is 0.284. The molecule has 7 heteroatoms. The smallest absolute Gasteiger partial charge is 0.407 e. The number of hydrogen-bond donors (Lipinski definition) is 1. The van der Waals surface area contributed by atoms with E-state index in [0.717, 1.165) is 11.1 Å². The van der Waals surface area contributed by atoms with Gasteiger partial charge in [-0.2, -0.15) is 0 Å². The van der Waals surface area contributed by atoms with Crippen molar-refractivity contribution in [3.63, 3.8) is 0 Å². The van der Waals surface area contributed by atoms with E-state index in [4.69, 9.17) is 13.9 Å². The second-order valence-corrected chi connectivity index (χ2v) is 12.6. The Kier molecular flexibility index (Phi) is 11.6. The summed E-state index contributed by atoms with van der Waals surface area (Å²) in [5, 5.41) is 3.17. The minimum absolute atomic E-state index is 0.177. The zero-order valence-electron chi connectivity index (χ0n) is 25.1. The summed E-state index contributed by atoms with van der Waals surface area (Å²) in [6, 6.07) is 19.7. The molecule has 1 amide bonds. The first-order valence-corrected chi connectivity index (χ1v) is 14.4. The standard InChI is InChI=1S/C32H47NO5Si/c1-23(32(38-39,28(34)36-8)21-15-20-24-16-11-9-12-17-24)27(30(2,3)4)26(22-25-18-13-10-14-19-25)33-29(35)37-31(5,6)7/h9-20,23,26-27H,21-22H2,1-8,39H3,(H,33,35)/t23?,26-,27+,32+/m0/s1. The van der Waals surface area contributed by atoms with E-state index >= 15 is 0 Å². The third-order valence-corrected chi connectivity index (χ3v) is 7.86. The van der Waals surface area contributed by atoms with Crippen molar-refractivity contribution in [2.75, 3.05) is 7.11 Å². The number of rotatable bonds is 11. The van der Waals surface area contributed by atoms with Crippen LogP contribution in [0.4, 0.5) is 4.79 Å². The van der Waals surface area contributed by atoms with E-state index in [-0.39, 0.29) is 23.3 Å². The number of alkyl carbamates (subject to hydrolysis) is 1. The molecule has 0 fully saturated rings. The van der Waals surface area contributed by atoms with Crippen molar-refractivity contribution in [3.05, 3.63) is 77.9 Å². The van der Waals surface area contributed by atoms with E-state index in [9.17, 15) is 9.59 Å². The van der Waals surface area contributed by atoms with E-state index in [0.29, 0.717) is 23.3 Å². The number of carbonyl (C=O) groups is 2. The fourth-order valence-electron chi connectivity index (χ4n) is 5.50. The van der Waals surface area contributed by atoms with Crippen LogP contribution in [0.3, 0.4) is 0 Å². The predicted molar refractivity (Wildman–Crippen MR) is 161 cm³/mol. The SMILES string of the molecule is COC(=O)[C@](CC=Cc1ccccc1)(O[SiH3])C(C)[C@H]([C@H](Cc1ccccc1)NC(=O)OC(C)(C)C)C(C)(C)C. The van der Waals surface area contributed by atoms with Crippen LogP contribution < -0.4 is 5.32 Å². The van der Waals surface area contributed by atoms with Crippen LogP contribution in [0, 0.1) is 17.3 Å². The lowest BCUT2D eigenvalue weighted by atomic mass is 9.63. The van der Waals surface area contributed by atoms with Crippen molar-refractivity contribution in [2.24, 2.45) is 17.3 Å². The van der Waals surface area contributed by atoms with Crippen molar-refractivity contribution in [1.29, 1.82) is 0 Å². The van der Waals surface area contributed by atoms with Gasteiger partial charge in [-0.15, -0.1) is 0 Å². The topological polar surface area (TPSA) is 73.9 Å². The van der Waals surface area contributed by atoms with Gasteiger partial charge in [0.1, 0.15) is 16.1 Å². The van der Waals surface area contributed by atoms with Gasteiger partial charge >= 0.3 is 12.1 Å². The average Bonchev–Trinajstić information content (AvgIpc) is 2.85. The number of nitrogens with one attached hydrogen (secondary N) is 1. The van der Waals surface area contributed by atoms with Crippen molar-refractivity contribution >= 4 is 28.6 Å². The maximum atomic E-state index is 13.5. The molecule has 0 bridgehead atoms. The summed E-state index contributed by atoms with van der Waals surface area (Å²) < 4.78 is 17.2. The summed E-state index contributed by atoms with van der Waals surface area (Å²) in [7, 11) is 1.74. The van der Waals surface area contributed by atoms with Gasteiger partial charge in [-0.25, -0.2) is 9.59 Å². The molecule has 39 heavy (non-hydrogen) atoms. The number of benzene rings is 2. The first-order valence-electron chi connectivity index (χ1n) is 13.6. The number of esters is 1. The van der Waals surface area contributed by atoms with Crippen LogP contribution in [-0.2, 0) is 25.1 Å². The third kappa shape index (κ3) is 9.36. The molecule has 6 nitrogen and oxygen atoms in total. The number of methoxy groups -OCH3 is 1. The summed E-state index contributed by atoms with van der Waals surface area (Å²) in [4.78, 5) is 26.6. The summed E-state index contributed by atoms with van der Waals surface area (Å²) in [5.74, 6) is -0.900. The Morgan fingerprint density at radius 2 is 1.51 bits per heavy atom. The molecule has 0 aliphatic carbocycles. The van der Waals surface area contributed by atoms with E-state index in [1.54, 1.807) is 0 Å². The predicted octanol–water partition coefficient (Wildman–Crippen LogP) is 5.73. The fraction of sp³-hybridized carbons (Fsp3) is 0.500. The van der Waals surface area contributed by atoms with Gasteiger partial charge in [-0.3, -0.25) is 0 Å². The van der Waals surface area contributed by atoms with Gasteiger partial charge in [0.05, 0.1) is 7.11 Å². The molecule has 0 heterocycles. The average molecular weight is 554 g/mol. The zero-order valence-corrected chi connectivity index (χ0v) is 27.1. The molecule has 0 aliphatic heterocycles. The Hall–Kier alpha value is -2.90. The second-order valence-electron chi connectivity index (χ2n) is 12.2. The van der Waals surface area contributed by atoms with Crippen LogP contribution in [0.25, 0.3) is 6.08 Å². The first kappa shape index (κ1) is 32.3. The highest BCUT2D eigenvalue weighted by molar-refractivity contribution is 6.00.